The molecule has 4 nitrogen and oxygen atoms in total. The van der Waals surface area contributed by atoms with E-state index in [0.717, 1.165) is 37.4 Å². The molecule has 0 spiro atoms. The van der Waals surface area contributed by atoms with Crippen molar-refractivity contribution in [2.45, 2.75) is 31.9 Å². The summed E-state index contributed by atoms with van der Waals surface area (Å²) in [5.74, 6) is 0.851. The van der Waals surface area contributed by atoms with Crippen molar-refractivity contribution >= 4 is 0 Å². The van der Waals surface area contributed by atoms with Crippen LogP contribution in [0.25, 0.3) is 0 Å². The Morgan fingerprint density at radius 3 is 2.65 bits per heavy atom. The van der Waals surface area contributed by atoms with E-state index in [4.69, 9.17) is 10.5 Å². The van der Waals surface area contributed by atoms with Crippen molar-refractivity contribution in [2.75, 3.05) is 20.1 Å². The van der Waals surface area contributed by atoms with Gasteiger partial charge in [0.15, 0.2) is 0 Å². The highest BCUT2D eigenvalue weighted by Gasteiger charge is 2.18. The third-order valence-corrected chi connectivity index (χ3v) is 3.19. The fraction of sp³-hybridized carbons (Fsp3) is 0.615. The van der Waals surface area contributed by atoms with Crippen LogP contribution >= 0.6 is 0 Å². The van der Waals surface area contributed by atoms with Crippen LogP contribution in [0.1, 0.15) is 31.5 Å². The Hall–Kier alpha value is -1.13. The molecule has 1 aromatic rings. The molecule has 0 amide bonds. The van der Waals surface area contributed by atoms with E-state index in [1.165, 1.54) is 0 Å². The number of nitrogens with zero attached hydrogens (tertiary/aromatic N) is 2. The Morgan fingerprint density at radius 1 is 1.41 bits per heavy atom. The zero-order valence-electron chi connectivity index (χ0n) is 10.6. The van der Waals surface area contributed by atoms with E-state index in [1.54, 1.807) is 6.20 Å². The second kappa shape index (κ2) is 5.47. The first kappa shape index (κ1) is 12.3. The molecule has 1 atom stereocenters. The van der Waals surface area contributed by atoms with Gasteiger partial charge >= 0.3 is 0 Å². The van der Waals surface area contributed by atoms with E-state index >= 15 is 0 Å². The molecular formula is C13H21N3O. The molecule has 17 heavy (non-hydrogen) atoms. The van der Waals surface area contributed by atoms with E-state index in [-0.39, 0.29) is 6.04 Å². The van der Waals surface area contributed by atoms with Crippen molar-refractivity contribution in [2.24, 2.45) is 5.73 Å². The topological polar surface area (TPSA) is 51.4 Å². The van der Waals surface area contributed by atoms with Crippen LogP contribution in [0, 0.1) is 0 Å². The Morgan fingerprint density at radius 2 is 2.12 bits per heavy atom. The van der Waals surface area contributed by atoms with Gasteiger partial charge < -0.3 is 15.4 Å². The maximum Gasteiger partial charge on any atom is 0.138 e. The number of piperidine rings is 1. The van der Waals surface area contributed by atoms with Crippen molar-refractivity contribution in [3.63, 3.8) is 0 Å². The van der Waals surface area contributed by atoms with Crippen LogP contribution in [0.2, 0.25) is 0 Å². The average molecular weight is 235 g/mol. The van der Waals surface area contributed by atoms with E-state index in [0.29, 0.717) is 6.10 Å². The van der Waals surface area contributed by atoms with Crippen molar-refractivity contribution in [1.29, 1.82) is 0 Å². The summed E-state index contributed by atoms with van der Waals surface area (Å²) < 4.78 is 5.91. The Labute approximate surface area is 103 Å². The van der Waals surface area contributed by atoms with Gasteiger partial charge in [0, 0.05) is 19.1 Å². The number of hydrogen-bond acceptors (Lipinski definition) is 4. The van der Waals surface area contributed by atoms with Crippen LogP contribution in [0.3, 0.4) is 0 Å². The van der Waals surface area contributed by atoms with Gasteiger partial charge in [0.2, 0.25) is 0 Å². The van der Waals surface area contributed by atoms with Gasteiger partial charge in [-0.15, -0.1) is 0 Å². The summed E-state index contributed by atoms with van der Waals surface area (Å²) in [6, 6.07) is 3.88. The maximum atomic E-state index is 5.91. The van der Waals surface area contributed by atoms with Crippen LogP contribution < -0.4 is 10.5 Å². The molecule has 94 valence electrons. The van der Waals surface area contributed by atoms with Gasteiger partial charge in [-0.25, -0.2) is 0 Å². The van der Waals surface area contributed by atoms with Gasteiger partial charge in [-0.2, -0.15) is 0 Å². The molecule has 4 heteroatoms. The van der Waals surface area contributed by atoms with Gasteiger partial charge in [0.1, 0.15) is 11.9 Å². The fourth-order valence-electron chi connectivity index (χ4n) is 2.03. The SMILES string of the molecule is CC(N)c1ccc(OC2CCN(C)CC2)cn1. The molecule has 2 heterocycles. The van der Waals surface area contributed by atoms with Crippen molar-refractivity contribution in [1.82, 2.24) is 9.88 Å². The number of hydrogen-bond donors (Lipinski definition) is 1. The van der Waals surface area contributed by atoms with E-state index < -0.39 is 0 Å². The molecule has 2 N–H and O–H groups in total. The van der Waals surface area contributed by atoms with Gasteiger partial charge in [0.05, 0.1) is 11.9 Å². The predicted molar refractivity (Wildman–Crippen MR) is 68.0 cm³/mol. The van der Waals surface area contributed by atoms with Crippen LogP contribution in [0.5, 0.6) is 5.75 Å². The molecule has 0 bridgehead atoms. The minimum atomic E-state index is -0.0209. The smallest absolute Gasteiger partial charge is 0.138 e. The normalized spacial score (nSPS) is 20.2. The lowest BCUT2D eigenvalue weighted by molar-refractivity contribution is 0.114. The van der Waals surface area contributed by atoms with Crippen molar-refractivity contribution in [3.8, 4) is 5.75 Å². The zero-order valence-corrected chi connectivity index (χ0v) is 10.6. The Kier molecular flexibility index (Phi) is 3.97. The molecule has 1 unspecified atom stereocenters. The Bertz CT molecular complexity index is 342. The number of rotatable bonds is 3. The fourth-order valence-corrected chi connectivity index (χ4v) is 2.03. The van der Waals surface area contributed by atoms with Gasteiger partial charge in [-0.3, -0.25) is 4.98 Å². The number of likely N-dealkylation sites (tertiary alicyclic amines) is 1. The molecule has 0 radical (unpaired) electrons. The highest BCUT2D eigenvalue weighted by Crippen LogP contribution is 2.18. The highest BCUT2D eigenvalue weighted by atomic mass is 16.5. The molecule has 1 aliphatic heterocycles. The van der Waals surface area contributed by atoms with Crippen LogP contribution in [0.15, 0.2) is 18.3 Å². The van der Waals surface area contributed by atoms with E-state index in [9.17, 15) is 0 Å². The molecule has 1 fully saturated rings. The third-order valence-electron chi connectivity index (χ3n) is 3.19. The molecule has 0 aromatic carbocycles. The second-order valence-corrected chi connectivity index (χ2v) is 4.83. The van der Waals surface area contributed by atoms with Crippen LogP contribution in [-0.2, 0) is 0 Å². The van der Waals surface area contributed by atoms with Crippen LogP contribution in [0.4, 0.5) is 0 Å². The lowest BCUT2D eigenvalue weighted by Crippen LogP contribution is -2.35. The molecule has 1 aromatic heterocycles. The molecule has 0 saturated carbocycles. The lowest BCUT2D eigenvalue weighted by Gasteiger charge is -2.29. The number of ether oxygens (including phenoxy) is 1. The first-order chi connectivity index (χ1) is 8.15. The first-order valence-electron chi connectivity index (χ1n) is 6.22. The highest BCUT2D eigenvalue weighted by molar-refractivity contribution is 5.21. The summed E-state index contributed by atoms with van der Waals surface area (Å²) in [5, 5.41) is 0. The summed E-state index contributed by atoms with van der Waals surface area (Å²) in [7, 11) is 2.15. The Balaban J connectivity index is 1.90. The van der Waals surface area contributed by atoms with Gasteiger partial charge in [0.25, 0.3) is 0 Å². The average Bonchev–Trinajstić information content (AvgIpc) is 2.33. The summed E-state index contributed by atoms with van der Waals surface area (Å²) >= 11 is 0. The van der Waals surface area contributed by atoms with Gasteiger partial charge in [-0.05, 0) is 38.9 Å². The summed E-state index contributed by atoms with van der Waals surface area (Å²) in [6.07, 6.45) is 4.28. The van der Waals surface area contributed by atoms with E-state index in [1.807, 2.05) is 19.1 Å². The molecule has 2 rings (SSSR count). The predicted octanol–water partition coefficient (Wildman–Crippen LogP) is 1.57. The first-order valence-corrected chi connectivity index (χ1v) is 6.22. The molecule has 1 aliphatic rings. The monoisotopic (exact) mass is 235 g/mol. The summed E-state index contributed by atoms with van der Waals surface area (Å²) in [4.78, 5) is 6.63. The molecule has 0 aliphatic carbocycles. The summed E-state index contributed by atoms with van der Waals surface area (Å²) in [6.45, 7) is 4.14. The van der Waals surface area contributed by atoms with Gasteiger partial charge in [-0.1, -0.05) is 0 Å². The zero-order chi connectivity index (χ0) is 12.3. The number of aromatic nitrogens is 1. The maximum absolute atomic E-state index is 5.91. The molecular weight excluding hydrogens is 214 g/mol. The number of nitrogens with two attached hydrogens (primary N) is 1. The van der Waals surface area contributed by atoms with E-state index in [2.05, 4.69) is 16.9 Å². The lowest BCUT2D eigenvalue weighted by atomic mass is 10.1. The minimum absolute atomic E-state index is 0.0209. The van der Waals surface area contributed by atoms with Crippen molar-refractivity contribution in [3.05, 3.63) is 24.0 Å². The largest absolute Gasteiger partial charge is 0.489 e. The standard InChI is InChI=1S/C13H21N3O/c1-10(14)13-4-3-12(9-15-13)17-11-5-7-16(2)8-6-11/h3-4,9-11H,5-8,14H2,1-2H3. The number of pyridine rings is 1. The van der Waals surface area contributed by atoms with Crippen LogP contribution in [-0.4, -0.2) is 36.1 Å². The third kappa shape index (κ3) is 3.41. The van der Waals surface area contributed by atoms with Crippen molar-refractivity contribution < 1.29 is 4.74 Å². The second-order valence-electron chi connectivity index (χ2n) is 4.83. The molecule has 1 saturated heterocycles. The minimum Gasteiger partial charge on any atom is -0.489 e. The quantitative estimate of drug-likeness (QED) is 0.864. The summed E-state index contributed by atoms with van der Waals surface area (Å²) in [5.41, 5.74) is 6.66.